The minimum atomic E-state index is -5.85. The third kappa shape index (κ3) is 3.21. The maximum absolute atomic E-state index is 11.9. The smallest absolute Gasteiger partial charge is 0.260 e. The fraction of sp³-hybridized carbons (Fsp3) is 0.111. The summed E-state index contributed by atoms with van der Waals surface area (Å²) in [6.45, 7) is 0. The van der Waals surface area contributed by atoms with Crippen molar-refractivity contribution >= 4 is 15.8 Å². The highest BCUT2D eigenvalue weighted by Gasteiger charge is 2.49. The van der Waals surface area contributed by atoms with E-state index in [1.54, 1.807) is 6.07 Å². The monoisotopic (exact) mass is 278 g/mol. The van der Waals surface area contributed by atoms with Crippen LogP contribution >= 0.6 is 0 Å². The number of hydrogen-bond donors (Lipinski definition) is 0. The van der Waals surface area contributed by atoms with E-state index in [9.17, 15) is 21.6 Å². The minimum absolute atomic E-state index is 0.136. The minimum Gasteiger partial charge on any atom is -0.260 e. The van der Waals surface area contributed by atoms with Crippen molar-refractivity contribution in [2.24, 2.45) is 5.16 Å². The van der Waals surface area contributed by atoms with Crippen molar-refractivity contribution < 1.29 is 25.9 Å². The third-order valence-corrected chi connectivity index (χ3v) is 2.50. The van der Waals surface area contributed by atoms with Gasteiger partial charge < -0.3 is 0 Å². The Labute approximate surface area is 100 Å². The Hall–Kier alpha value is -2.08. The van der Waals surface area contributed by atoms with Gasteiger partial charge in [-0.25, -0.2) is 0 Å². The first kappa shape index (κ1) is 14.0. The first-order valence-electron chi connectivity index (χ1n) is 4.31. The van der Waals surface area contributed by atoms with Gasteiger partial charge in [0.05, 0.1) is 0 Å². The van der Waals surface area contributed by atoms with Crippen LogP contribution in [0.2, 0.25) is 0 Å². The van der Waals surface area contributed by atoms with Gasteiger partial charge in [-0.15, -0.1) is 0 Å². The normalized spacial score (nSPS) is 12.9. The fourth-order valence-electron chi connectivity index (χ4n) is 0.862. The van der Waals surface area contributed by atoms with Gasteiger partial charge in [-0.3, -0.25) is 4.28 Å². The van der Waals surface area contributed by atoms with Gasteiger partial charge in [-0.1, -0.05) is 35.5 Å². The van der Waals surface area contributed by atoms with Gasteiger partial charge >= 0.3 is 15.6 Å². The molecule has 18 heavy (non-hydrogen) atoms. The molecule has 1 rings (SSSR count). The predicted molar refractivity (Wildman–Crippen MR) is 54.7 cm³/mol. The quantitative estimate of drug-likeness (QED) is 0.479. The summed E-state index contributed by atoms with van der Waals surface area (Å²) in [5.74, 6) is 0. The number of nitrogens with zero attached hydrogens (tertiary/aromatic N) is 2. The molecule has 0 bridgehead atoms. The second kappa shape index (κ2) is 5.05. The molecule has 0 N–H and O–H groups in total. The zero-order valence-electron chi connectivity index (χ0n) is 8.55. The number of alkyl halides is 3. The van der Waals surface area contributed by atoms with Crippen LogP contribution in [-0.4, -0.2) is 19.6 Å². The molecule has 1 aromatic carbocycles. The number of benzene rings is 1. The van der Waals surface area contributed by atoms with Gasteiger partial charge in [-0.05, 0) is 0 Å². The molecular formula is C9H5F3N2O3S. The van der Waals surface area contributed by atoms with Crippen molar-refractivity contribution in [2.45, 2.75) is 5.51 Å². The third-order valence-electron chi connectivity index (χ3n) is 1.66. The summed E-state index contributed by atoms with van der Waals surface area (Å²) >= 11 is 0. The van der Waals surface area contributed by atoms with E-state index in [2.05, 4.69) is 9.44 Å². The van der Waals surface area contributed by atoms with Crippen LogP contribution in [0.15, 0.2) is 35.5 Å². The van der Waals surface area contributed by atoms with Gasteiger partial charge in [0.25, 0.3) is 0 Å². The van der Waals surface area contributed by atoms with Crippen molar-refractivity contribution in [2.75, 3.05) is 0 Å². The molecule has 0 heterocycles. The molecule has 0 aliphatic carbocycles. The first-order valence-corrected chi connectivity index (χ1v) is 5.72. The Morgan fingerprint density at radius 1 is 1.28 bits per heavy atom. The summed E-state index contributed by atoms with van der Waals surface area (Å²) in [6.07, 6.45) is 0. The van der Waals surface area contributed by atoms with Crippen LogP contribution in [0.4, 0.5) is 13.2 Å². The topological polar surface area (TPSA) is 79.5 Å². The lowest BCUT2D eigenvalue weighted by Crippen LogP contribution is -2.24. The van der Waals surface area contributed by atoms with Gasteiger partial charge in [-0.2, -0.15) is 26.9 Å². The molecule has 0 saturated heterocycles. The highest BCUT2D eigenvalue weighted by Crippen LogP contribution is 2.24. The average Bonchev–Trinajstić information content (AvgIpc) is 2.29. The van der Waals surface area contributed by atoms with E-state index >= 15 is 0 Å². The summed E-state index contributed by atoms with van der Waals surface area (Å²) in [6, 6.07) is 8.77. The molecule has 0 spiro atoms. The van der Waals surface area contributed by atoms with Gasteiger partial charge in [0.15, 0.2) is 5.71 Å². The Balaban J connectivity index is 3.01. The molecule has 96 valence electrons. The maximum atomic E-state index is 11.9. The Kier molecular flexibility index (Phi) is 3.93. The Morgan fingerprint density at radius 3 is 2.28 bits per heavy atom. The van der Waals surface area contributed by atoms with E-state index in [1.165, 1.54) is 30.3 Å². The summed E-state index contributed by atoms with van der Waals surface area (Å²) < 4.78 is 60.3. The van der Waals surface area contributed by atoms with E-state index in [-0.39, 0.29) is 5.56 Å². The van der Waals surface area contributed by atoms with Crippen molar-refractivity contribution in [3.05, 3.63) is 35.9 Å². The molecule has 0 aliphatic heterocycles. The molecule has 0 radical (unpaired) electrons. The summed E-state index contributed by atoms with van der Waals surface area (Å²) in [5.41, 5.74) is -6.03. The number of rotatable bonds is 3. The van der Waals surface area contributed by atoms with Gasteiger partial charge in [0.1, 0.15) is 6.07 Å². The van der Waals surface area contributed by atoms with Crippen LogP contribution in [0, 0.1) is 11.3 Å². The Morgan fingerprint density at radius 2 is 1.83 bits per heavy atom. The fourth-order valence-corrected chi connectivity index (χ4v) is 1.12. The van der Waals surface area contributed by atoms with Crippen molar-refractivity contribution in [3.8, 4) is 6.07 Å². The van der Waals surface area contributed by atoms with Crippen LogP contribution < -0.4 is 0 Å². The molecule has 0 fully saturated rings. The highest BCUT2D eigenvalue weighted by atomic mass is 32.2. The summed E-state index contributed by atoms with van der Waals surface area (Å²) in [5, 5.41) is 11.3. The van der Waals surface area contributed by atoms with E-state index < -0.39 is 21.3 Å². The Bertz CT molecular complexity index is 588. The number of nitriles is 1. The molecule has 0 atom stereocenters. The largest absolute Gasteiger partial charge is 0.536 e. The summed E-state index contributed by atoms with van der Waals surface area (Å²) in [4.78, 5) is 0. The van der Waals surface area contributed by atoms with Crippen LogP contribution in [-0.2, 0) is 14.4 Å². The second-order valence-corrected chi connectivity index (χ2v) is 4.41. The van der Waals surface area contributed by atoms with Crippen LogP contribution in [0.1, 0.15) is 5.56 Å². The van der Waals surface area contributed by atoms with Crippen molar-refractivity contribution in [1.82, 2.24) is 0 Å². The molecule has 0 amide bonds. The molecule has 0 aromatic heterocycles. The number of oxime groups is 1. The standard InChI is InChI=1S/C9H5F3N2O3S/c10-9(11,12)18(15,16)17-14-8(6-13)7-4-2-1-3-5-7/h1-5H. The van der Waals surface area contributed by atoms with E-state index in [0.717, 1.165) is 0 Å². The molecule has 9 heteroatoms. The van der Waals surface area contributed by atoms with E-state index in [1.807, 2.05) is 0 Å². The van der Waals surface area contributed by atoms with Gasteiger partial charge in [0.2, 0.25) is 0 Å². The van der Waals surface area contributed by atoms with Crippen molar-refractivity contribution in [1.29, 1.82) is 5.26 Å². The second-order valence-electron chi connectivity index (χ2n) is 2.89. The van der Waals surface area contributed by atoms with Crippen LogP contribution in [0.3, 0.4) is 0 Å². The maximum Gasteiger partial charge on any atom is 0.536 e. The predicted octanol–water partition coefficient (Wildman–Crippen LogP) is 1.78. The number of hydrogen-bond acceptors (Lipinski definition) is 5. The zero-order valence-corrected chi connectivity index (χ0v) is 9.36. The molecule has 0 saturated carbocycles. The zero-order chi connectivity index (χ0) is 13.8. The molecule has 0 aliphatic rings. The van der Waals surface area contributed by atoms with E-state index in [4.69, 9.17) is 5.26 Å². The van der Waals surface area contributed by atoms with Gasteiger partial charge in [0, 0.05) is 5.56 Å². The van der Waals surface area contributed by atoms with Crippen LogP contribution in [0.5, 0.6) is 0 Å². The van der Waals surface area contributed by atoms with Crippen LogP contribution in [0.25, 0.3) is 0 Å². The average molecular weight is 278 g/mol. The highest BCUT2D eigenvalue weighted by molar-refractivity contribution is 7.87. The summed E-state index contributed by atoms with van der Waals surface area (Å²) in [7, 11) is -5.85. The molecule has 0 unspecified atom stereocenters. The lowest BCUT2D eigenvalue weighted by atomic mass is 10.1. The number of halogens is 3. The molecular weight excluding hydrogens is 273 g/mol. The first-order chi connectivity index (χ1) is 8.28. The van der Waals surface area contributed by atoms with Crippen molar-refractivity contribution in [3.63, 3.8) is 0 Å². The van der Waals surface area contributed by atoms with E-state index in [0.29, 0.717) is 0 Å². The molecule has 5 nitrogen and oxygen atoms in total. The molecule has 1 aromatic rings. The lowest BCUT2D eigenvalue weighted by molar-refractivity contribution is -0.0540. The SMILES string of the molecule is N#CC(=NOS(=O)(=O)C(F)(F)F)c1ccccc1. The lowest BCUT2D eigenvalue weighted by Gasteiger charge is -2.04.